The molecule has 70 valence electrons. The van der Waals surface area contributed by atoms with E-state index < -0.39 is 0 Å². The van der Waals surface area contributed by atoms with Crippen LogP contribution in [0.15, 0.2) is 33.5 Å². The quantitative estimate of drug-likeness (QED) is 0.571. The molecule has 0 saturated carbocycles. The van der Waals surface area contributed by atoms with E-state index in [0.717, 1.165) is 0 Å². The molecule has 2 heterocycles. The third-order valence-electron chi connectivity index (χ3n) is 2.24. The first-order valence-electron chi connectivity index (χ1n) is 4.06. The van der Waals surface area contributed by atoms with Crippen LogP contribution in [0.4, 0.5) is 0 Å². The molecule has 0 bridgehead atoms. The van der Waals surface area contributed by atoms with Gasteiger partial charge in [-0.25, -0.2) is 0 Å². The molecule has 0 amide bonds. The highest BCUT2D eigenvalue weighted by Gasteiger charge is 2.14. The zero-order valence-electron chi connectivity index (χ0n) is 7.02. The minimum Gasteiger partial charge on any atom is -0.504 e. The maximum Gasteiger partial charge on any atom is 0.162 e. The van der Waals surface area contributed by atoms with Gasteiger partial charge in [0.25, 0.3) is 0 Å². The Bertz CT molecular complexity index is 562. The molecular formula is C10H6O4. The van der Waals surface area contributed by atoms with E-state index in [9.17, 15) is 10.2 Å². The molecule has 0 unspecified atom stereocenters. The zero-order chi connectivity index (χ0) is 9.71. The van der Waals surface area contributed by atoms with Crippen LogP contribution >= 0.6 is 0 Å². The Morgan fingerprint density at radius 3 is 1.64 bits per heavy atom. The largest absolute Gasteiger partial charge is 0.504 e. The number of rotatable bonds is 0. The maximum absolute atomic E-state index is 9.51. The summed E-state index contributed by atoms with van der Waals surface area (Å²) in [4.78, 5) is 0. The summed E-state index contributed by atoms with van der Waals surface area (Å²) >= 11 is 0. The summed E-state index contributed by atoms with van der Waals surface area (Å²) in [5.74, 6) is 0.00426. The second kappa shape index (κ2) is 2.23. The third kappa shape index (κ3) is 0.724. The fourth-order valence-corrected chi connectivity index (χ4v) is 1.63. The SMILES string of the molecule is Oc1coc2ccc3occ(O)c3c12. The molecule has 0 spiro atoms. The fraction of sp³-hybridized carbons (Fsp3) is 0. The van der Waals surface area contributed by atoms with Gasteiger partial charge in [0.15, 0.2) is 11.5 Å². The van der Waals surface area contributed by atoms with E-state index in [0.29, 0.717) is 21.9 Å². The summed E-state index contributed by atoms with van der Waals surface area (Å²) in [5.41, 5.74) is 1.04. The molecule has 2 aromatic heterocycles. The second-order valence-electron chi connectivity index (χ2n) is 3.05. The predicted molar refractivity (Wildman–Crippen MR) is 49.3 cm³/mol. The third-order valence-corrected chi connectivity index (χ3v) is 2.24. The van der Waals surface area contributed by atoms with Crippen molar-refractivity contribution in [2.75, 3.05) is 0 Å². The monoisotopic (exact) mass is 190 g/mol. The molecule has 0 aliphatic rings. The van der Waals surface area contributed by atoms with Crippen LogP contribution in [0.25, 0.3) is 21.9 Å². The van der Waals surface area contributed by atoms with Gasteiger partial charge in [0.2, 0.25) is 0 Å². The lowest BCUT2D eigenvalue weighted by atomic mass is 10.1. The van der Waals surface area contributed by atoms with Crippen LogP contribution in [0, 0.1) is 0 Å². The van der Waals surface area contributed by atoms with Crippen LogP contribution in [0.2, 0.25) is 0 Å². The molecule has 0 saturated heterocycles. The average Bonchev–Trinajstić information content (AvgIpc) is 2.72. The lowest BCUT2D eigenvalue weighted by Crippen LogP contribution is -1.68. The molecule has 0 aliphatic heterocycles. The lowest BCUT2D eigenvalue weighted by Gasteiger charge is -1.92. The topological polar surface area (TPSA) is 66.7 Å². The molecule has 0 radical (unpaired) electrons. The number of fused-ring (bicyclic) bond motifs is 3. The van der Waals surface area contributed by atoms with Crippen molar-refractivity contribution in [3.05, 3.63) is 24.7 Å². The van der Waals surface area contributed by atoms with E-state index in [1.807, 2.05) is 0 Å². The van der Waals surface area contributed by atoms with Crippen molar-refractivity contribution >= 4 is 21.9 Å². The Balaban J connectivity index is 2.70. The van der Waals surface area contributed by atoms with Crippen LogP contribution in [0.3, 0.4) is 0 Å². The van der Waals surface area contributed by atoms with E-state index in [1.54, 1.807) is 12.1 Å². The first-order chi connectivity index (χ1) is 6.77. The molecule has 4 nitrogen and oxygen atoms in total. The molecule has 0 atom stereocenters. The second-order valence-corrected chi connectivity index (χ2v) is 3.05. The standard InChI is InChI=1S/C10H6O4/c11-5-3-13-7-1-2-8-10(9(5)7)6(12)4-14-8/h1-4,11-12H. The van der Waals surface area contributed by atoms with Gasteiger partial charge >= 0.3 is 0 Å². The van der Waals surface area contributed by atoms with Crippen molar-refractivity contribution in [3.63, 3.8) is 0 Å². The van der Waals surface area contributed by atoms with Crippen LogP contribution < -0.4 is 0 Å². The van der Waals surface area contributed by atoms with Gasteiger partial charge in [-0.1, -0.05) is 0 Å². The van der Waals surface area contributed by atoms with Gasteiger partial charge in [0.1, 0.15) is 23.7 Å². The van der Waals surface area contributed by atoms with Crippen molar-refractivity contribution in [3.8, 4) is 11.5 Å². The van der Waals surface area contributed by atoms with E-state index in [1.165, 1.54) is 12.5 Å². The van der Waals surface area contributed by atoms with Gasteiger partial charge in [0.05, 0.1) is 10.8 Å². The molecular weight excluding hydrogens is 184 g/mol. The average molecular weight is 190 g/mol. The van der Waals surface area contributed by atoms with Gasteiger partial charge in [-0.2, -0.15) is 0 Å². The van der Waals surface area contributed by atoms with Crippen LogP contribution in [0.1, 0.15) is 0 Å². The number of aromatic hydroxyl groups is 2. The van der Waals surface area contributed by atoms with Crippen molar-refractivity contribution in [2.45, 2.75) is 0 Å². The number of hydrogen-bond donors (Lipinski definition) is 2. The van der Waals surface area contributed by atoms with Gasteiger partial charge in [-0.3, -0.25) is 0 Å². The number of benzene rings is 1. The van der Waals surface area contributed by atoms with Gasteiger partial charge in [-0.15, -0.1) is 0 Å². The van der Waals surface area contributed by atoms with E-state index in [2.05, 4.69) is 0 Å². The molecule has 3 rings (SSSR count). The fourth-order valence-electron chi connectivity index (χ4n) is 1.63. The summed E-state index contributed by atoms with van der Waals surface area (Å²) < 4.78 is 10.2. The normalized spacial score (nSPS) is 11.4. The van der Waals surface area contributed by atoms with E-state index in [-0.39, 0.29) is 11.5 Å². The Morgan fingerprint density at radius 2 is 1.21 bits per heavy atom. The van der Waals surface area contributed by atoms with Crippen molar-refractivity contribution < 1.29 is 19.0 Å². The Kier molecular flexibility index (Phi) is 1.16. The Morgan fingerprint density at radius 1 is 0.786 bits per heavy atom. The zero-order valence-corrected chi connectivity index (χ0v) is 7.02. The van der Waals surface area contributed by atoms with Gasteiger partial charge in [0, 0.05) is 0 Å². The van der Waals surface area contributed by atoms with Gasteiger partial charge < -0.3 is 19.0 Å². The van der Waals surface area contributed by atoms with E-state index in [4.69, 9.17) is 8.83 Å². The van der Waals surface area contributed by atoms with Crippen molar-refractivity contribution in [1.82, 2.24) is 0 Å². The highest BCUT2D eigenvalue weighted by molar-refractivity contribution is 6.10. The molecule has 14 heavy (non-hydrogen) atoms. The maximum atomic E-state index is 9.51. The predicted octanol–water partition coefficient (Wildman–Crippen LogP) is 2.59. The van der Waals surface area contributed by atoms with Crippen LogP contribution in [-0.2, 0) is 0 Å². The first kappa shape index (κ1) is 7.32. The molecule has 3 aromatic rings. The summed E-state index contributed by atoms with van der Waals surface area (Å²) in [5, 5.41) is 20.0. The molecule has 4 heteroatoms. The lowest BCUT2D eigenvalue weighted by molar-refractivity contribution is 0.461. The number of hydrogen-bond acceptors (Lipinski definition) is 4. The minimum atomic E-state index is 0.00213. The van der Waals surface area contributed by atoms with Crippen molar-refractivity contribution in [1.29, 1.82) is 0 Å². The highest BCUT2D eigenvalue weighted by Crippen LogP contribution is 2.39. The Labute approximate surface area is 78.0 Å². The molecule has 2 N–H and O–H groups in total. The summed E-state index contributed by atoms with van der Waals surface area (Å²) in [7, 11) is 0. The number of furan rings is 2. The van der Waals surface area contributed by atoms with Gasteiger partial charge in [-0.05, 0) is 12.1 Å². The molecule has 1 aromatic carbocycles. The summed E-state index contributed by atoms with van der Waals surface area (Å²) in [6.45, 7) is 0. The summed E-state index contributed by atoms with van der Waals surface area (Å²) in [6, 6.07) is 3.36. The summed E-state index contributed by atoms with van der Waals surface area (Å²) in [6.07, 6.45) is 2.47. The van der Waals surface area contributed by atoms with E-state index >= 15 is 0 Å². The van der Waals surface area contributed by atoms with Crippen LogP contribution in [0.5, 0.6) is 11.5 Å². The molecule has 0 aliphatic carbocycles. The highest BCUT2D eigenvalue weighted by atomic mass is 16.4. The van der Waals surface area contributed by atoms with Crippen LogP contribution in [-0.4, -0.2) is 10.2 Å². The molecule has 0 fully saturated rings. The minimum absolute atomic E-state index is 0.00213. The smallest absolute Gasteiger partial charge is 0.162 e. The van der Waals surface area contributed by atoms with Crippen molar-refractivity contribution in [2.24, 2.45) is 0 Å². The first-order valence-corrected chi connectivity index (χ1v) is 4.06. The Hall–Kier alpha value is -2.10.